The van der Waals surface area contributed by atoms with Crippen molar-refractivity contribution in [2.45, 2.75) is 31.0 Å². The van der Waals surface area contributed by atoms with E-state index < -0.39 is 0 Å². The van der Waals surface area contributed by atoms with Gasteiger partial charge in [0.25, 0.3) is 0 Å². The third-order valence-electron chi connectivity index (χ3n) is 2.14. The van der Waals surface area contributed by atoms with Crippen LogP contribution in [0.4, 0.5) is 0 Å². The summed E-state index contributed by atoms with van der Waals surface area (Å²) in [5.74, 6) is 0.119. The maximum absolute atomic E-state index is 11.5. The van der Waals surface area contributed by atoms with Crippen molar-refractivity contribution >= 4 is 33.2 Å². The number of alkyl halides is 1. The third-order valence-corrected chi connectivity index (χ3v) is 4.12. The summed E-state index contributed by atoms with van der Waals surface area (Å²) in [4.78, 5) is 13.1. The summed E-state index contributed by atoms with van der Waals surface area (Å²) < 4.78 is 0. The highest BCUT2D eigenvalue weighted by atomic mass is 79.9. The van der Waals surface area contributed by atoms with Crippen molar-refractivity contribution in [1.82, 2.24) is 5.32 Å². The number of amides is 1. The van der Waals surface area contributed by atoms with E-state index in [-0.39, 0.29) is 5.91 Å². The lowest BCUT2D eigenvalue weighted by atomic mass is 10.2. The zero-order valence-electron chi connectivity index (χ0n) is 8.83. The van der Waals surface area contributed by atoms with E-state index in [0.717, 1.165) is 24.3 Å². The Hall–Kier alpha value is -0.350. The molecule has 0 aliphatic rings. The van der Waals surface area contributed by atoms with Crippen molar-refractivity contribution in [2.24, 2.45) is 0 Å². The molecule has 1 N–H and O–H groups in total. The van der Waals surface area contributed by atoms with Crippen LogP contribution in [-0.2, 0) is 11.2 Å². The normalized spacial score (nSPS) is 12.4. The van der Waals surface area contributed by atoms with Crippen LogP contribution in [0.2, 0.25) is 0 Å². The highest BCUT2D eigenvalue weighted by Gasteiger charge is 2.05. The van der Waals surface area contributed by atoms with Crippen LogP contribution in [0.15, 0.2) is 17.5 Å². The van der Waals surface area contributed by atoms with Gasteiger partial charge in [0.2, 0.25) is 5.91 Å². The van der Waals surface area contributed by atoms with Gasteiger partial charge in [-0.1, -0.05) is 28.9 Å². The summed E-state index contributed by atoms with van der Waals surface area (Å²) in [6, 6.07) is 3.96. The first-order chi connectivity index (χ1) is 7.22. The van der Waals surface area contributed by atoms with Crippen LogP contribution in [0.3, 0.4) is 0 Å². The molecule has 1 atom stereocenters. The summed E-state index contributed by atoms with van der Waals surface area (Å²) >= 11 is 5.16. The van der Waals surface area contributed by atoms with Gasteiger partial charge in [-0.2, -0.15) is 0 Å². The molecule has 0 aliphatic carbocycles. The van der Waals surface area contributed by atoms with Crippen LogP contribution in [0, 0.1) is 0 Å². The molecule has 0 aromatic carbocycles. The number of carbonyl (C=O) groups is 1. The van der Waals surface area contributed by atoms with E-state index in [1.54, 1.807) is 11.3 Å². The molecule has 84 valence electrons. The highest BCUT2D eigenvalue weighted by Crippen LogP contribution is 2.09. The zero-order valence-corrected chi connectivity index (χ0v) is 11.2. The Morgan fingerprint density at radius 3 is 3.07 bits per heavy atom. The molecule has 1 aromatic rings. The number of carbonyl (C=O) groups excluding carboxylic acids is 1. The van der Waals surface area contributed by atoms with E-state index in [1.165, 1.54) is 0 Å². The predicted molar refractivity (Wildman–Crippen MR) is 68.7 cm³/mol. The molecule has 0 spiro atoms. The maximum atomic E-state index is 11.5. The minimum absolute atomic E-state index is 0.119. The van der Waals surface area contributed by atoms with Gasteiger partial charge >= 0.3 is 0 Å². The largest absolute Gasteiger partial charge is 0.356 e. The zero-order chi connectivity index (χ0) is 11.1. The van der Waals surface area contributed by atoms with Crippen molar-refractivity contribution in [2.75, 3.05) is 6.54 Å². The van der Waals surface area contributed by atoms with Crippen LogP contribution < -0.4 is 5.32 Å². The van der Waals surface area contributed by atoms with E-state index in [2.05, 4.69) is 28.2 Å². The number of rotatable bonds is 6. The third kappa shape index (κ3) is 5.33. The second kappa shape index (κ2) is 7.01. The Bertz CT molecular complexity index is 287. The van der Waals surface area contributed by atoms with E-state index in [0.29, 0.717) is 11.2 Å². The average Bonchev–Trinajstić information content (AvgIpc) is 2.70. The van der Waals surface area contributed by atoms with Gasteiger partial charge < -0.3 is 5.32 Å². The lowest BCUT2D eigenvalue weighted by molar-refractivity contribution is -0.120. The van der Waals surface area contributed by atoms with E-state index >= 15 is 0 Å². The van der Waals surface area contributed by atoms with Gasteiger partial charge in [0.05, 0.1) is 6.42 Å². The molecule has 0 aliphatic heterocycles. The Morgan fingerprint density at radius 1 is 1.67 bits per heavy atom. The van der Waals surface area contributed by atoms with Gasteiger partial charge in [0.1, 0.15) is 0 Å². The molecular formula is C11H16BrNOS. The molecule has 15 heavy (non-hydrogen) atoms. The van der Waals surface area contributed by atoms with Crippen molar-refractivity contribution < 1.29 is 4.79 Å². The molecule has 0 bridgehead atoms. The molecule has 4 heteroatoms. The lowest BCUT2D eigenvalue weighted by Crippen LogP contribution is -2.27. The molecular weight excluding hydrogens is 274 g/mol. The highest BCUT2D eigenvalue weighted by molar-refractivity contribution is 9.09. The summed E-state index contributed by atoms with van der Waals surface area (Å²) in [6.07, 6.45) is 2.60. The number of halogens is 1. The quantitative estimate of drug-likeness (QED) is 0.802. The van der Waals surface area contributed by atoms with Crippen LogP contribution >= 0.6 is 27.3 Å². The summed E-state index contributed by atoms with van der Waals surface area (Å²) in [5.41, 5.74) is 0. The van der Waals surface area contributed by atoms with Gasteiger partial charge in [0.15, 0.2) is 0 Å². The molecule has 1 amide bonds. The van der Waals surface area contributed by atoms with Crippen molar-refractivity contribution in [3.05, 3.63) is 22.4 Å². The molecule has 1 heterocycles. The predicted octanol–water partition coefficient (Wildman–Crippen LogP) is 2.97. The van der Waals surface area contributed by atoms with Gasteiger partial charge in [-0.25, -0.2) is 0 Å². The number of hydrogen-bond donors (Lipinski definition) is 1. The fraction of sp³-hybridized carbons (Fsp3) is 0.545. The van der Waals surface area contributed by atoms with Gasteiger partial charge in [0, 0.05) is 16.2 Å². The minimum Gasteiger partial charge on any atom is -0.356 e. The van der Waals surface area contributed by atoms with Crippen LogP contribution in [-0.4, -0.2) is 17.3 Å². The smallest absolute Gasteiger partial charge is 0.225 e. The van der Waals surface area contributed by atoms with Crippen molar-refractivity contribution in [3.63, 3.8) is 0 Å². The first-order valence-corrected chi connectivity index (χ1v) is 6.95. The molecule has 1 aromatic heterocycles. The summed E-state index contributed by atoms with van der Waals surface area (Å²) in [6.45, 7) is 2.89. The van der Waals surface area contributed by atoms with Crippen molar-refractivity contribution in [1.29, 1.82) is 0 Å². The van der Waals surface area contributed by atoms with Gasteiger partial charge in [-0.05, 0) is 24.3 Å². The Morgan fingerprint density at radius 2 is 2.47 bits per heavy atom. The van der Waals surface area contributed by atoms with Gasteiger partial charge in [-0.15, -0.1) is 11.3 Å². The van der Waals surface area contributed by atoms with Crippen LogP contribution in [0.25, 0.3) is 0 Å². The molecule has 1 rings (SSSR count). The first-order valence-electron chi connectivity index (χ1n) is 5.15. The molecule has 1 unspecified atom stereocenters. The molecule has 0 radical (unpaired) electrons. The fourth-order valence-electron chi connectivity index (χ4n) is 1.21. The molecule has 2 nitrogen and oxygen atoms in total. The fourth-order valence-corrected chi connectivity index (χ4v) is 2.14. The minimum atomic E-state index is 0.119. The standard InChI is InChI=1S/C11H16BrNOS/c1-2-9(12)5-6-13-11(14)8-10-4-3-7-15-10/h3-4,7,9H,2,5-6,8H2,1H3,(H,13,14). The van der Waals surface area contributed by atoms with Crippen LogP contribution in [0.1, 0.15) is 24.6 Å². The van der Waals surface area contributed by atoms with Crippen LogP contribution in [0.5, 0.6) is 0 Å². The lowest BCUT2D eigenvalue weighted by Gasteiger charge is -2.07. The number of thiophene rings is 1. The monoisotopic (exact) mass is 289 g/mol. The molecule has 0 saturated heterocycles. The second-order valence-electron chi connectivity index (χ2n) is 3.40. The molecule has 0 saturated carbocycles. The van der Waals surface area contributed by atoms with E-state index in [4.69, 9.17) is 0 Å². The SMILES string of the molecule is CCC(Br)CCNC(=O)Cc1cccs1. The number of nitrogens with one attached hydrogen (secondary N) is 1. The van der Waals surface area contributed by atoms with Gasteiger partial charge in [-0.3, -0.25) is 4.79 Å². The van der Waals surface area contributed by atoms with Crippen molar-refractivity contribution in [3.8, 4) is 0 Å². The first kappa shape index (κ1) is 12.7. The average molecular weight is 290 g/mol. The topological polar surface area (TPSA) is 29.1 Å². The summed E-state index contributed by atoms with van der Waals surface area (Å²) in [7, 11) is 0. The Labute approximate surface area is 103 Å². The molecule has 0 fully saturated rings. The van der Waals surface area contributed by atoms with E-state index in [9.17, 15) is 4.79 Å². The summed E-state index contributed by atoms with van der Waals surface area (Å²) in [5, 5.41) is 4.92. The second-order valence-corrected chi connectivity index (χ2v) is 5.73. The Kier molecular flexibility index (Phi) is 5.95. The Balaban J connectivity index is 2.14. The number of hydrogen-bond acceptors (Lipinski definition) is 2. The maximum Gasteiger partial charge on any atom is 0.225 e. The van der Waals surface area contributed by atoms with E-state index in [1.807, 2.05) is 17.5 Å².